The fourth-order valence-corrected chi connectivity index (χ4v) is 6.14. The van der Waals surface area contributed by atoms with E-state index in [1.54, 1.807) is 4.90 Å². The van der Waals surface area contributed by atoms with E-state index in [9.17, 15) is 14.7 Å². The Balaban J connectivity index is 1.31. The van der Waals surface area contributed by atoms with Crippen molar-refractivity contribution in [2.45, 2.75) is 69.4 Å². The highest BCUT2D eigenvalue weighted by Gasteiger charge is 2.54. The number of piperazine rings is 1. The van der Waals surface area contributed by atoms with E-state index in [1.807, 2.05) is 4.90 Å². The molecule has 1 aromatic rings. The molecule has 0 unspecified atom stereocenters. The average Bonchev–Trinajstić information content (AvgIpc) is 3.48. The normalized spacial score (nSPS) is 28.8. The lowest BCUT2D eigenvalue weighted by Gasteiger charge is -2.59. The third-order valence-corrected chi connectivity index (χ3v) is 7.84. The molecule has 0 radical (unpaired) electrons. The zero-order valence-electron chi connectivity index (χ0n) is 18.1. The largest absolute Gasteiger partial charge is 0.394 e. The van der Waals surface area contributed by atoms with E-state index >= 15 is 0 Å². The monoisotopic (exact) mass is 420 g/mol. The molecule has 2 heterocycles. The lowest BCUT2D eigenvalue weighted by molar-refractivity contribution is -0.168. The molecule has 0 bridgehead atoms. The Hall–Kier alpha value is -2.32. The van der Waals surface area contributed by atoms with Gasteiger partial charge in [0.05, 0.1) is 25.2 Å². The Morgan fingerprint density at radius 3 is 2.39 bits per heavy atom. The predicted octanol–water partition coefficient (Wildman–Crippen LogP) is 2.92. The summed E-state index contributed by atoms with van der Waals surface area (Å²) in [6, 6.07) is 8.05. The Morgan fingerprint density at radius 2 is 1.71 bits per heavy atom. The van der Waals surface area contributed by atoms with Gasteiger partial charge in [0.2, 0.25) is 11.8 Å². The van der Waals surface area contributed by atoms with E-state index in [0.29, 0.717) is 12.5 Å². The highest BCUT2D eigenvalue weighted by Crippen LogP contribution is 2.43. The second-order valence-corrected chi connectivity index (χ2v) is 9.72. The summed E-state index contributed by atoms with van der Waals surface area (Å²) >= 11 is 0. The van der Waals surface area contributed by atoms with E-state index in [2.05, 4.69) is 36.1 Å². The number of rotatable bonds is 3. The number of hydrogen-bond donors (Lipinski definition) is 1. The first-order chi connectivity index (χ1) is 15.2. The Morgan fingerprint density at radius 1 is 1.03 bits per heavy atom. The molecular weight excluding hydrogens is 388 g/mol. The van der Waals surface area contributed by atoms with E-state index in [1.165, 1.54) is 25.7 Å². The van der Waals surface area contributed by atoms with Gasteiger partial charge in [0.15, 0.2) is 0 Å². The van der Waals surface area contributed by atoms with Gasteiger partial charge in [-0.25, -0.2) is 0 Å². The summed E-state index contributed by atoms with van der Waals surface area (Å²) in [7, 11) is 0. The van der Waals surface area contributed by atoms with Crippen LogP contribution in [0.1, 0.15) is 68.4 Å². The van der Waals surface area contributed by atoms with Crippen molar-refractivity contribution in [3.8, 4) is 11.8 Å². The topological polar surface area (TPSA) is 60.9 Å². The molecule has 4 aliphatic rings. The van der Waals surface area contributed by atoms with Gasteiger partial charge in [-0.1, -0.05) is 49.7 Å². The molecule has 0 spiro atoms. The Labute approximate surface area is 184 Å². The fraction of sp³-hybridized carbons (Fsp3) is 0.615. The first kappa shape index (κ1) is 20.6. The number of nitrogens with zero attached hydrogens (tertiary/aromatic N) is 2. The number of amides is 2. The molecule has 164 valence electrons. The van der Waals surface area contributed by atoms with Crippen molar-refractivity contribution in [1.29, 1.82) is 0 Å². The first-order valence-electron chi connectivity index (χ1n) is 12.0. The number of aliphatic hydroxyl groups excluding tert-OH is 1. The van der Waals surface area contributed by atoms with Crippen molar-refractivity contribution < 1.29 is 14.7 Å². The van der Waals surface area contributed by atoms with Crippen LogP contribution in [0.4, 0.5) is 0 Å². The summed E-state index contributed by atoms with van der Waals surface area (Å²) < 4.78 is 0. The number of benzene rings is 1. The van der Waals surface area contributed by atoms with Crippen molar-refractivity contribution in [3.63, 3.8) is 0 Å². The van der Waals surface area contributed by atoms with E-state index < -0.39 is 0 Å². The zero-order chi connectivity index (χ0) is 21.4. The Bertz CT molecular complexity index is 887. The number of carbonyl (C=O) groups is 2. The predicted molar refractivity (Wildman–Crippen MR) is 118 cm³/mol. The highest BCUT2D eigenvalue weighted by atomic mass is 16.3. The van der Waals surface area contributed by atoms with Crippen molar-refractivity contribution in [3.05, 3.63) is 35.4 Å². The van der Waals surface area contributed by atoms with Crippen LogP contribution in [0.15, 0.2) is 24.3 Å². The van der Waals surface area contributed by atoms with E-state index in [4.69, 9.17) is 0 Å². The smallest absolute Gasteiger partial charge is 0.242 e. The highest BCUT2D eigenvalue weighted by molar-refractivity contribution is 5.88. The molecule has 0 aromatic heterocycles. The molecule has 2 amide bonds. The van der Waals surface area contributed by atoms with Gasteiger partial charge >= 0.3 is 0 Å². The van der Waals surface area contributed by atoms with Crippen LogP contribution in [0.5, 0.6) is 0 Å². The van der Waals surface area contributed by atoms with E-state index in [0.717, 1.165) is 36.8 Å². The van der Waals surface area contributed by atoms with Crippen LogP contribution >= 0.6 is 0 Å². The molecule has 5 rings (SSSR count). The molecule has 5 heteroatoms. The van der Waals surface area contributed by atoms with Crippen LogP contribution in [0.25, 0.3) is 0 Å². The van der Waals surface area contributed by atoms with Gasteiger partial charge in [-0.05, 0) is 43.4 Å². The third kappa shape index (κ3) is 3.87. The number of hydrogen-bond acceptors (Lipinski definition) is 3. The molecule has 3 atom stereocenters. The van der Waals surface area contributed by atoms with Crippen molar-refractivity contribution in [2.75, 3.05) is 19.7 Å². The quantitative estimate of drug-likeness (QED) is 0.765. The third-order valence-electron chi connectivity index (χ3n) is 7.84. The summed E-state index contributed by atoms with van der Waals surface area (Å²) in [5, 5.41) is 9.99. The molecule has 2 saturated heterocycles. The summed E-state index contributed by atoms with van der Waals surface area (Å²) in [6.45, 7) is 0.683. The lowest BCUT2D eigenvalue weighted by Crippen LogP contribution is -2.73. The molecule has 2 saturated carbocycles. The summed E-state index contributed by atoms with van der Waals surface area (Å²) in [6.07, 6.45) is 9.13. The number of fused-ring (bicyclic) bond motifs is 1. The van der Waals surface area contributed by atoms with Gasteiger partial charge in [0.25, 0.3) is 0 Å². The molecule has 2 aliphatic carbocycles. The van der Waals surface area contributed by atoms with Crippen LogP contribution < -0.4 is 0 Å². The molecule has 1 N–H and O–H groups in total. The Kier molecular flexibility index (Phi) is 5.75. The maximum Gasteiger partial charge on any atom is 0.242 e. The van der Waals surface area contributed by atoms with Gasteiger partial charge in [-0.2, -0.15) is 0 Å². The summed E-state index contributed by atoms with van der Waals surface area (Å²) in [5.74, 6) is 7.52. The van der Waals surface area contributed by atoms with Crippen LogP contribution in [-0.4, -0.2) is 58.5 Å². The maximum absolute atomic E-state index is 12.9. The second-order valence-electron chi connectivity index (χ2n) is 9.72. The van der Waals surface area contributed by atoms with Gasteiger partial charge < -0.3 is 14.9 Å². The lowest BCUT2D eigenvalue weighted by atomic mass is 9.73. The van der Waals surface area contributed by atoms with Crippen LogP contribution in [-0.2, 0) is 9.59 Å². The van der Waals surface area contributed by atoms with Gasteiger partial charge in [0, 0.05) is 29.9 Å². The zero-order valence-corrected chi connectivity index (χ0v) is 18.1. The minimum absolute atomic E-state index is 0.0306. The van der Waals surface area contributed by atoms with E-state index in [-0.39, 0.29) is 48.9 Å². The molecule has 5 nitrogen and oxygen atoms in total. The number of aliphatic hydroxyl groups is 1. The minimum Gasteiger partial charge on any atom is -0.394 e. The minimum atomic E-state index is -0.198. The second kappa shape index (κ2) is 8.67. The average molecular weight is 421 g/mol. The molecule has 4 fully saturated rings. The van der Waals surface area contributed by atoms with Gasteiger partial charge in [-0.3, -0.25) is 9.59 Å². The van der Waals surface area contributed by atoms with Crippen molar-refractivity contribution in [1.82, 2.24) is 9.80 Å². The maximum atomic E-state index is 12.9. The molecule has 2 aliphatic heterocycles. The summed E-state index contributed by atoms with van der Waals surface area (Å²) in [5.41, 5.74) is 2.14. The fourth-order valence-electron chi connectivity index (χ4n) is 6.14. The molecule has 1 aromatic carbocycles. The summed E-state index contributed by atoms with van der Waals surface area (Å²) in [4.78, 5) is 29.3. The van der Waals surface area contributed by atoms with Crippen LogP contribution in [0, 0.1) is 23.7 Å². The van der Waals surface area contributed by atoms with Crippen molar-refractivity contribution in [2.24, 2.45) is 11.8 Å². The molecular formula is C26H32N2O3. The van der Waals surface area contributed by atoms with Crippen LogP contribution in [0.2, 0.25) is 0 Å². The molecule has 31 heavy (non-hydrogen) atoms. The SMILES string of the molecule is O=C(C1CCCC1)N1CC(=O)N2[C@H](C1)[C@H](c1ccc(C#CC3CCCC3)cc1)[C@@H]2CO. The standard InChI is InChI=1S/C26H32N2O3/c29-17-23-25(20-13-11-19(12-14-20)10-9-18-5-1-2-6-18)22-15-27(16-24(30)28(22)23)26(31)21-7-3-4-8-21/h11-14,18,21-23,25,29H,1-8,15-17H2/t22-,23+,25+/m1/s1. The van der Waals surface area contributed by atoms with Gasteiger partial charge in [0.1, 0.15) is 0 Å². The van der Waals surface area contributed by atoms with Crippen LogP contribution in [0.3, 0.4) is 0 Å². The first-order valence-corrected chi connectivity index (χ1v) is 12.0. The van der Waals surface area contributed by atoms with Gasteiger partial charge in [-0.15, -0.1) is 0 Å². The van der Waals surface area contributed by atoms with Crippen molar-refractivity contribution >= 4 is 11.8 Å². The number of carbonyl (C=O) groups excluding carboxylic acids is 2.